The number of carbonyl (C=O) groups is 5. The number of ketones is 1. The summed E-state index contributed by atoms with van der Waals surface area (Å²) in [7, 11) is -3.64. The van der Waals surface area contributed by atoms with E-state index in [0.717, 1.165) is 32.1 Å². The number of urea groups is 1. The normalized spacial score (nSPS) is 30.7. The van der Waals surface area contributed by atoms with E-state index in [1.54, 1.807) is 32.6 Å². The van der Waals surface area contributed by atoms with Gasteiger partial charge in [-0.15, -0.1) is 0 Å². The lowest BCUT2D eigenvalue weighted by Gasteiger charge is -2.45. The maximum absolute atomic E-state index is 14.6. The Hall–Kier alpha value is -2.70. The Morgan fingerprint density at radius 1 is 0.922 bits per heavy atom. The molecule has 0 bridgehead atoms. The fourth-order valence-electron chi connectivity index (χ4n) is 9.11. The molecule has 1 saturated heterocycles. The number of piperidine rings is 1. The van der Waals surface area contributed by atoms with Crippen molar-refractivity contribution in [3.05, 3.63) is 0 Å². The van der Waals surface area contributed by atoms with Gasteiger partial charge >= 0.3 is 6.03 Å². The summed E-state index contributed by atoms with van der Waals surface area (Å²) < 4.78 is 26.3. The highest BCUT2D eigenvalue weighted by Crippen LogP contribution is 2.65. The summed E-state index contributed by atoms with van der Waals surface area (Å²) >= 11 is 0. The van der Waals surface area contributed by atoms with Crippen LogP contribution in [0.25, 0.3) is 0 Å². The third-order valence-corrected chi connectivity index (χ3v) is 16.2. The molecule has 0 aromatic rings. The molecule has 4 aliphatic carbocycles. The number of sulfone groups is 1. The summed E-state index contributed by atoms with van der Waals surface area (Å²) in [4.78, 5) is 70.8. The van der Waals surface area contributed by atoms with Crippen LogP contribution >= 0.6 is 0 Å². The van der Waals surface area contributed by atoms with Gasteiger partial charge in [-0.25, -0.2) is 13.2 Å². The molecule has 288 valence electrons. The van der Waals surface area contributed by atoms with E-state index in [-0.39, 0.29) is 23.2 Å². The van der Waals surface area contributed by atoms with Crippen molar-refractivity contribution in [1.82, 2.24) is 26.2 Å². The molecule has 7 atom stereocenters. The van der Waals surface area contributed by atoms with Crippen LogP contribution in [-0.4, -0.2) is 89.1 Å². The summed E-state index contributed by atoms with van der Waals surface area (Å²) in [6, 6.07) is -2.51. The van der Waals surface area contributed by atoms with E-state index in [4.69, 9.17) is 0 Å². The largest absolute Gasteiger partial charge is 0.349 e. The second-order valence-electron chi connectivity index (χ2n) is 19.1. The Bertz CT molecular complexity index is 1540. The number of Topliss-reactive ketones (excluding diaryl/α,β-unsaturated/α-hetero) is 1. The monoisotopic (exact) mass is 733 g/mol. The molecule has 0 aromatic carbocycles. The average molecular weight is 734 g/mol. The van der Waals surface area contributed by atoms with E-state index < -0.39 is 77.9 Å². The van der Waals surface area contributed by atoms with Gasteiger partial charge in [-0.1, -0.05) is 67.2 Å². The van der Waals surface area contributed by atoms with Gasteiger partial charge in [0.05, 0.1) is 15.5 Å². The van der Waals surface area contributed by atoms with Crippen LogP contribution < -0.4 is 21.3 Å². The van der Waals surface area contributed by atoms with Gasteiger partial charge in [-0.3, -0.25) is 19.2 Å². The Morgan fingerprint density at radius 2 is 1.53 bits per heavy atom. The first kappa shape index (κ1) is 39.5. The Labute approximate surface area is 305 Å². The molecule has 51 heavy (non-hydrogen) atoms. The summed E-state index contributed by atoms with van der Waals surface area (Å²) in [5.74, 6) is -1.99. The highest BCUT2D eigenvalue weighted by molar-refractivity contribution is 7.93. The van der Waals surface area contributed by atoms with Crippen LogP contribution in [-0.2, 0) is 29.0 Å². The molecule has 4 N–H and O–H groups in total. The van der Waals surface area contributed by atoms with Crippen molar-refractivity contribution in [2.45, 2.75) is 160 Å². The number of likely N-dealkylation sites (tertiary alicyclic amines) is 1. The quantitative estimate of drug-likeness (QED) is 0.221. The number of fused-ring (bicyclic) bond motifs is 1. The second-order valence-corrected chi connectivity index (χ2v) is 22.1. The molecule has 0 radical (unpaired) electrons. The van der Waals surface area contributed by atoms with E-state index in [2.05, 4.69) is 35.1 Å². The smallest absolute Gasteiger partial charge is 0.315 e. The lowest BCUT2D eigenvalue weighted by Crippen LogP contribution is -2.66. The molecular weight excluding hydrogens is 671 g/mol. The van der Waals surface area contributed by atoms with Crippen molar-refractivity contribution in [3.63, 3.8) is 0 Å². The van der Waals surface area contributed by atoms with Crippen molar-refractivity contribution in [2.75, 3.05) is 13.1 Å². The van der Waals surface area contributed by atoms with Gasteiger partial charge in [0.1, 0.15) is 17.6 Å². The zero-order valence-electron chi connectivity index (χ0n) is 32.5. The predicted octanol–water partition coefficient (Wildman–Crippen LogP) is 3.87. The number of hydrogen-bond donors (Lipinski definition) is 4. The highest BCUT2D eigenvalue weighted by Gasteiger charge is 2.71. The minimum Gasteiger partial charge on any atom is -0.349 e. The summed E-state index contributed by atoms with van der Waals surface area (Å²) in [6.07, 6.45) is 6.58. The zero-order chi connectivity index (χ0) is 38.1. The van der Waals surface area contributed by atoms with E-state index in [0.29, 0.717) is 44.7 Å². The Kier molecular flexibility index (Phi) is 10.3. The van der Waals surface area contributed by atoms with Gasteiger partial charge < -0.3 is 26.2 Å². The maximum Gasteiger partial charge on any atom is 0.315 e. The molecular formula is C38H63N5O7S. The number of amides is 5. The van der Waals surface area contributed by atoms with Crippen molar-refractivity contribution in [2.24, 2.45) is 34.5 Å². The first-order valence-electron chi connectivity index (χ1n) is 19.2. The molecule has 5 rings (SSSR count). The lowest BCUT2D eigenvalue weighted by atomic mass is 9.79. The molecule has 0 spiro atoms. The van der Waals surface area contributed by atoms with Crippen molar-refractivity contribution < 1.29 is 32.4 Å². The third-order valence-electron chi connectivity index (χ3n) is 13.2. The van der Waals surface area contributed by atoms with Crippen LogP contribution in [0.3, 0.4) is 0 Å². The van der Waals surface area contributed by atoms with Crippen LogP contribution in [0.2, 0.25) is 0 Å². The van der Waals surface area contributed by atoms with Gasteiger partial charge in [0.25, 0.3) is 5.91 Å². The number of carbonyl (C=O) groups excluding carboxylic acids is 5. The fraction of sp³-hybridized carbons (Fsp3) is 0.868. The van der Waals surface area contributed by atoms with Crippen molar-refractivity contribution in [1.29, 1.82) is 0 Å². The number of nitrogens with one attached hydrogen (secondary N) is 4. The zero-order valence-corrected chi connectivity index (χ0v) is 33.3. The predicted molar refractivity (Wildman–Crippen MR) is 195 cm³/mol. The van der Waals surface area contributed by atoms with Gasteiger partial charge in [-0.05, 0) is 94.3 Å². The van der Waals surface area contributed by atoms with Crippen LogP contribution in [0.4, 0.5) is 4.79 Å². The van der Waals surface area contributed by atoms with Crippen LogP contribution in [0.1, 0.15) is 127 Å². The highest BCUT2D eigenvalue weighted by atomic mass is 32.2. The van der Waals surface area contributed by atoms with Gasteiger partial charge in [-0.2, -0.15) is 0 Å². The topological polar surface area (TPSA) is 171 Å². The SMILES string of the molecule is CC[C@H]1C[C@]1(NC(=O)[C@@H]1[C@@H]2[C@H](CN1C(=O)[C@@H](NC(=O)NC1([C@@H](C)S(=O)(=O)C(C)(C)C)CCCCC1)C(C)(C)C)C2(C)C)C(=O)C(=O)NCC1CC1. The fourth-order valence-corrected chi connectivity index (χ4v) is 11.1. The van der Waals surface area contributed by atoms with E-state index in [1.165, 1.54) is 0 Å². The van der Waals surface area contributed by atoms with Crippen LogP contribution in [0.5, 0.6) is 0 Å². The summed E-state index contributed by atoms with van der Waals surface area (Å²) in [5, 5.41) is 10.9. The maximum atomic E-state index is 14.6. The van der Waals surface area contributed by atoms with E-state index >= 15 is 0 Å². The molecule has 0 unspecified atom stereocenters. The third kappa shape index (κ3) is 7.30. The number of rotatable bonds is 12. The summed E-state index contributed by atoms with van der Waals surface area (Å²) in [5.41, 5.74) is -3.24. The lowest BCUT2D eigenvalue weighted by molar-refractivity contribution is -0.146. The Balaban J connectivity index is 1.36. The molecule has 5 aliphatic rings. The first-order valence-corrected chi connectivity index (χ1v) is 20.8. The Morgan fingerprint density at radius 3 is 2.04 bits per heavy atom. The second kappa shape index (κ2) is 13.3. The van der Waals surface area contributed by atoms with Crippen LogP contribution in [0, 0.1) is 34.5 Å². The van der Waals surface area contributed by atoms with Crippen molar-refractivity contribution in [3.8, 4) is 0 Å². The molecule has 4 saturated carbocycles. The van der Waals surface area contributed by atoms with Gasteiger partial charge in [0, 0.05) is 13.1 Å². The molecule has 5 fully saturated rings. The molecule has 1 aliphatic heterocycles. The molecule has 1 heterocycles. The van der Waals surface area contributed by atoms with E-state index in [9.17, 15) is 32.4 Å². The first-order chi connectivity index (χ1) is 23.4. The average Bonchev–Trinajstić information content (AvgIpc) is 3.99. The molecule has 13 heteroatoms. The van der Waals surface area contributed by atoms with Gasteiger partial charge in [0.2, 0.25) is 17.6 Å². The summed E-state index contributed by atoms with van der Waals surface area (Å²) in [6.45, 7) is 19.1. The van der Waals surface area contributed by atoms with Crippen molar-refractivity contribution >= 4 is 39.4 Å². The number of hydrogen-bond acceptors (Lipinski definition) is 7. The van der Waals surface area contributed by atoms with Gasteiger partial charge in [0.15, 0.2) is 9.84 Å². The number of nitrogens with zero attached hydrogens (tertiary/aromatic N) is 1. The minimum absolute atomic E-state index is 0.0651. The molecule has 0 aromatic heterocycles. The van der Waals surface area contributed by atoms with Crippen LogP contribution in [0.15, 0.2) is 0 Å². The standard InChI is InChI=1S/C38H63N5O7S/c1-11-24-19-38(24,29(44)31(46)39-20-23-15-16-23)41-30(45)27-26-25(36(26,9)10)21-43(27)32(47)28(34(3,4)5)40-33(48)42-37(17-13-12-14-18-37)22(2)51(49,50)35(6,7)8/h22-28H,11-21H2,1-10H3,(H,39,46)(H,41,45)(H2,40,42,48)/t22-,24+,25+,26+,27+,28-,38-/m1/s1. The molecule has 12 nitrogen and oxygen atoms in total. The van der Waals surface area contributed by atoms with E-state index in [1.807, 2.05) is 27.7 Å². The molecule has 5 amide bonds. The minimum atomic E-state index is -3.64.